The molecule has 2 heterocycles. The van der Waals surface area contributed by atoms with Gasteiger partial charge in [-0.05, 0) is 45.0 Å². The van der Waals surface area contributed by atoms with Crippen molar-refractivity contribution < 1.29 is 9.00 Å². The number of carbonyl (C=O) groups is 1. The summed E-state index contributed by atoms with van der Waals surface area (Å²) in [6, 6.07) is 9.34. The van der Waals surface area contributed by atoms with Crippen LogP contribution in [-0.2, 0) is 10.8 Å². The summed E-state index contributed by atoms with van der Waals surface area (Å²) in [5, 5.41) is 7.31. The summed E-state index contributed by atoms with van der Waals surface area (Å²) in [6.45, 7) is 6.81. The fraction of sp³-hybridized carbons (Fsp3) is 0.412. The first kappa shape index (κ1) is 16.7. The van der Waals surface area contributed by atoms with Gasteiger partial charge in [-0.1, -0.05) is 6.07 Å². The van der Waals surface area contributed by atoms with Crippen molar-refractivity contribution in [1.29, 1.82) is 0 Å². The van der Waals surface area contributed by atoms with E-state index in [1.165, 1.54) is 0 Å². The highest BCUT2D eigenvalue weighted by atomic mass is 32.2. The number of aromatic nitrogens is 2. The molecule has 24 heavy (non-hydrogen) atoms. The van der Waals surface area contributed by atoms with Gasteiger partial charge in [-0.15, -0.1) is 0 Å². The number of nitrogens with one attached hydrogen (secondary N) is 1. The van der Waals surface area contributed by atoms with Gasteiger partial charge in [0.1, 0.15) is 0 Å². The number of nitrogens with zero attached hydrogens (tertiary/aromatic N) is 3. The van der Waals surface area contributed by atoms with Gasteiger partial charge in [0.05, 0.1) is 16.1 Å². The van der Waals surface area contributed by atoms with Crippen LogP contribution in [0, 0.1) is 6.92 Å². The first-order valence-electron chi connectivity index (χ1n) is 7.92. The summed E-state index contributed by atoms with van der Waals surface area (Å²) in [6.07, 6.45) is 1.89. The van der Waals surface area contributed by atoms with Crippen LogP contribution in [0.4, 0.5) is 10.5 Å². The maximum absolute atomic E-state index is 12.5. The second kappa shape index (κ2) is 6.39. The second-order valence-electron chi connectivity index (χ2n) is 6.61. The van der Waals surface area contributed by atoms with Crippen molar-refractivity contribution in [3.05, 3.63) is 42.2 Å². The van der Waals surface area contributed by atoms with Crippen LogP contribution in [0.25, 0.3) is 5.69 Å². The van der Waals surface area contributed by atoms with Crippen LogP contribution in [0.1, 0.15) is 19.5 Å². The van der Waals surface area contributed by atoms with Crippen LogP contribution in [0.5, 0.6) is 0 Å². The van der Waals surface area contributed by atoms with Crippen molar-refractivity contribution in [2.75, 3.05) is 24.2 Å². The Morgan fingerprint density at radius 3 is 2.79 bits per heavy atom. The van der Waals surface area contributed by atoms with E-state index >= 15 is 0 Å². The van der Waals surface area contributed by atoms with Gasteiger partial charge in [-0.25, -0.2) is 9.48 Å². The lowest BCUT2D eigenvalue weighted by Crippen LogP contribution is -2.53. The molecule has 0 saturated carbocycles. The number of rotatable bonds is 2. The summed E-state index contributed by atoms with van der Waals surface area (Å²) >= 11 is 0. The molecule has 128 valence electrons. The van der Waals surface area contributed by atoms with Crippen molar-refractivity contribution in [2.24, 2.45) is 0 Å². The molecule has 0 aliphatic carbocycles. The van der Waals surface area contributed by atoms with E-state index < -0.39 is 10.8 Å². The van der Waals surface area contributed by atoms with E-state index in [0.29, 0.717) is 18.8 Å². The smallest absolute Gasteiger partial charge is 0.321 e. The first-order chi connectivity index (χ1) is 11.3. The standard InChI is InChI=1S/C17H22N4O2S/c1-13-7-8-21(19-13)15-6-4-5-14(11-15)18-16(22)20-9-10-24(23)17(2,3)12-20/h4-8,11H,9-10,12H2,1-3H3,(H,18,22)/t24-/m0/s1. The number of amides is 2. The van der Waals surface area contributed by atoms with E-state index in [2.05, 4.69) is 10.4 Å². The molecule has 1 aliphatic rings. The number of benzene rings is 1. The molecule has 1 N–H and O–H groups in total. The molecular weight excluding hydrogens is 324 g/mol. The minimum Gasteiger partial charge on any atom is -0.322 e. The zero-order valence-electron chi connectivity index (χ0n) is 14.2. The minimum atomic E-state index is -0.894. The second-order valence-corrected chi connectivity index (χ2v) is 8.82. The van der Waals surface area contributed by atoms with Gasteiger partial charge in [-0.3, -0.25) is 4.21 Å². The Kier molecular flexibility index (Phi) is 4.45. The van der Waals surface area contributed by atoms with E-state index in [9.17, 15) is 9.00 Å². The predicted octanol–water partition coefficient (Wildman–Crippen LogP) is 2.56. The van der Waals surface area contributed by atoms with Gasteiger partial charge >= 0.3 is 6.03 Å². The number of hydrogen-bond donors (Lipinski definition) is 1. The lowest BCUT2D eigenvalue weighted by atomic mass is 10.2. The van der Waals surface area contributed by atoms with Gasteiger partial charge in [0.2, 0.25) is 0 Å². The highest BCUT2D eigenvalue weighted by Gasteiger charge is 2.35. The molecular formula is C17H22N4O2S. The van der Waals surface area contributed by atoms with E-state index in [0.717, 1.165) is 17.1 Å². The Hall–Kier alpha value is -2.15. The lowest BCUT2D eigenvalue weighted by Gasteiger charge is -2.37. The maximum Gasteiger partial charge on any atom is 0.321 e. The fourth-order valence-electron chi connectivity index (χ4n) is 2.74. The summed E-state index contributed by atoms with van der Waals surface area (Å²) in [7, 11) is -0.894. The third-order valence-electron chi connectivity index (χ3n) is 4.11. The molecule has 1 saturated heterocycles. The molecule has 1 aliphatic heterocycles. The Balaban J connectivity index is 1.72. The largest absolute Gasteiger partial charge is 0.322 e. The third kappa shape index (κ3) is 3.51. The highest BCUT2D eigenvalue weighted by molar-refractivity contribution is 7.86. The van der Waals surface area contributed by atoms with Gasteiger partial charge in [0.25, 0.3) is 0 Å². The van der Waals surface area contributed by atoms with Gasteiger partial charge < -0.3 is 10.2 Å². The van der Waals surface area contributed by atoms with Gasteiger partial charge in [0, 0.05) is 41.5 Å². The fourth-order valence-corrected chi connectivity index (χ4v) is 3.98. The number of urea groups is 1. The quantitative estimate of drug-likeness (QED) is 0.909. The topological polar surface area (TPSA) is 67.2 Å². The van der Waals surface area contributed by atoms with Crippen LogP contribution in [0.3, 0.4) is 0 Å². The van der Waals surface area contributed by atoms with Crippen LogP contribution in [0.2, 0.25) is 0 Å². The molecule has 0 unspecified atom stereocenters. The average molecular weight is 346 g/mol. The van der Waals surface area contributed by atoms with E-state index in [-0.39, 0.29) is 10.8 Å². The monoisotopic (exact) mass is 346 g/mol. The van der Waals surface area contributed by atoms with Gasteiger partial charge in [0.15, 0.2) is 0 Å². The molecule has 2 amide bonds. The molecule has 3 rings (SSSR count). The SMILES string of the molecule is Cc1ccn(-c2cccc(NC(=O)N3CC[S@](=O)C(C)(C)C3)c2)n1. The molecule has 0 spiro atoms. The normalized spacial score (nSPS) is 20.0. The molecule has 1 fully saturated rings. The number of hydrogen-bond acceptors (Lipinski definition) is 3. The Morgan fingerprint density at radius 2 is 2.12 bits per heavy atom. The number of anilines is 1. The molecule has 2 aromatic rings. The first-order valence-corrected chi connectivity index (χ1v) is 9.24. The van der Waals surface area contributed by atoms with Crippen LogP contribution < -0.4 is 5.32 Å². The molecule has 1 aromatic carbocycles. The minimum absolute atomic E-state index is 0.159. The average Bonchev–Trinajstić information content (AvgIpc) is 2.97. The molecule has 0 radical (unpaired) electrons. The van der Waals surface area contributed by atoms with Crippen LogP contribution >= 0.6 is 0 Å². The van der Waals surface area contributed by atoms with Crippen molar-refractivity contribution >= 4 is 22.5 Å². The van der Waals surface area contributed by atoms with Crippen molar-refractivity contribution in [3.8, 4) is 5.69 Å². The Morgan fingerprint density at radius 1 is 1.33 bits per heavy atom. The van der Waals surface area contributed by atoms with Crippen LogP contribution in [0.15, 0.2) is 36.5 Å². The maximum atomic E-state index is 12.5. The molecule has 7 heteroatoms. The summed E-state index contributed by atoms with van der Waals surface area (Å²) < 4.78 is 13.4. The van der Waals surface area contributed by atoms with Gasteiger partial charge in [-0.2, -0.15) is 5.10 Å². The highest BCUT2D eigenvalue weighted by Crippen LogP contribution is 2.21. The Labute approximate surface area is 144 Å². The molecule has 1 atom stereocenters. The molecule has 0 bridgehead atoms. The number of aryl methyl sites for hydroxylation is 1. The molecule has 6 nitrogen and oxygen atoms in total. The van der Waals surface area contributed by atoms with Crippen molar-refractivity contribution in [3.63, 3.8) is 0 Å². The summed E-state index contributed by atoms with van der Waals surface area (Å²) in [5.74, 6) is 0.521. The summed E-state index contributed by atoms with van der Waals surface area (Å²) in [5.41, 5.74) is 2.55. The zero-order valence-corrected chi connectivity index (χ0v) is 15.0. The van der Waals surface area contributed by atoms with E-state index in [1.807, 2.05) is 57.3 Å². The Bertz CT molecular complexity index is 784. The third-order valence-corrected chi connectivity index (χ3v) is 6.02. The van der Waals surface area contributed by atoms with Crippen molar-refractivity contribution in [1.82, 2.24) is 14.7 Å². The van der Waals surface area contributed by atoms with E-state index in [1.54, 1.807) is 9.58 Å². The van der Waals surface area contributed by atoms with E-state index in [4.69, 9.17) is 0 Å². The summed E-state index contributed by atoms with van der Waals surface area (Å²) in [4.78, 5) is 14.2. The molecule has 1 aromatic heterocycles. The van der Waals surface area contributed by atoms with Crippen LogP contribution in [-0.4, -0.2) is 48.5 Å². The number of carbonyl (C=O) groups excluding carboxylic acids is 1. The van der Waals surface area contributed by atoms with Crippen molar-refractivity contribution in [2.45, 2.75) is 25.5 Å². The lowest BCUT2D eigenvalue weighted by molar-refractivity contribution is 0.207. The zero-order chi connectivity index (χ0) is 17.3. The predicted molar refractivity (Wildman–Crippen MR) is 96.0 cm³/mol.